The van der Waals surface area contributed by atoms with Gasteiger partial charge in [-0.25, -0.2) is 4.79 Å². The van der Waals surface area contributed by atoms with E-state index in [0.29, 0.717) is 5.75 Å². The van der Waals surface area contributed by atoms with Crippen LogP contribution in [-0.4, -0.2) is 18.0 Å². The number of nitrogens with one attached hydrogen (secondary N) is 1. The Morgan fingerprint density at radius 1 is 1.50 bits per heavy atom. The van der Waals surface area contributed by atoms with E-state index in [4.69, 9.17) is 10.5 Å². The van der Waals surface area contributed by atoms with E-state index in [9.17, 15) is 9.59 Å². The molecule has 0 saturated carbocycles. The number of imide groups is 1. The number of urea groups is 1. The van der Waals surface area contributed by atoms with E-state index in [-0.39, 0.29) is 0 Å². The third kappa shape index (κ3) is 4.05. The first-order chi connectivity index (χ1) is 7.49. The first-order valence-corrected chi connectivity index (χ1v) is 5.59. The molecule has 0 aromatic heterocycles. The Labute approximate surface area is 106 Å². The summed E-state index contributed by atoms with van der Waals surface area (Å²) in [5, 5.41) is 1.95. The fourth-order valence-corrected chi connectivity index (χ4v) is 1.54. The van der Waals surface area contributed by atoms with Gasteiger partial charge in [-0.2, -0.15) is 0 Å². The van der Waals surface area contributed by atoms with Gasteiger partial charge in [-0.15, -0.1) is 0 Å². The van der Waals surface area contributed by atoms with Crippen LogP contribution < -0.4 is 15.8 Å². The Morgan fingerprint density at radius 2 is 2.19 bits per heavy atom. The minimum atomic E-state index is -0.886. The summed E-state index contributed by atoms with van der Waals surface area (Å²) >= 11 is 2.13. The van der Waals surface area contributed by atoms with Gasteiger partial charge < -0.3 is 10.5 Å². The van der Waals surface area contributed by atoms with Crippen molar-refractivity contribution in [3.8, 4) is 5.75 Å². The maximum Gasteiger partial charge on any atom is 0.318 e. The summed E-state index contributed by atoms with van der Waals surface area (Å²) in [6, 6.07) is 6.35. The van der Waals surface area contributed by atoms with Crippen LogP contribution in [0.5, 0.6) is 5.75 Å². The normalized spacial score (nSPS) is 11.6. The second kappa shape index (κ2) is 5.69. The van der Waals surface area contributed by atoms with Crippen molar-refractivity contribution in [1.29, 1.82) is 0 Å². The second-order valence-corrected chi connectivity index (χ2v) is 4.32. The summed E-state index contributed by atoms with van der Waals surface area (Å²) < 4.78 is 6.33. The van der Waals surface area contributed by atoms with E-state index in [0.717, 1.165) is 3.57 Å². The van der Waals surface area contributed by atoms with Gasteiger partial charge in [0.1, 0.15) is 5.75 Å². The fourth-order valence-electron chi connectivity index (χ4n) is 1.02. The van der Waals surface area contributed by atoms with Crippen LogP contribution in [0.15, 0.2) is 24.3 Å². The molecule has 0 spiro atoms. The molecule has 1 unspecified atom stereocenters. The van der Waals surface area contributed by atoms with Gasteiger partial charge in [0.2, 0.25) is 0 Å². The number of rotatable bonds is 3. The number of carbonyl (C=O) groups excluding carboxylic acids is 2. The molecule has 0 bridgehead atoms. The van der Waals surface area contributed by atoms with Crippen molar-refractivity contribution in [3.05, 3.63) is 27.8 Å². The third-order valence-corrected chi connectivity index (χ3v) is 2.40. The maximum atomic E-state index is 11.3. The molecule has 0 radical (unpaired) electrons. The second-order valence-electron chi connectivity index (χ2n) is 3.07. The lowest BCUT2D eigenvalue weighted by Gasteiger charge is -2.13. The predicted octanol–water partition coefficient (Wildman–Crippen LogP) is 1.25. The van der Waals surface area contributed by atoms with Crippen LogP contribution in [0.25, 0.3) is 0 Å². The van der Waals surface area contributed by atoms with E-state index in [1.165, 1.54) is 6.92 Å². The van der Waals surface area contributed by atoms with Crippen molar-refractivity contribution < 1.29 is 14.3 Å². The molecule has 0 heterocycles. The molecule has 1 aromatic rings. The van der Waals surface area contributed by atoms with Gasteiger partial charge in [0.05, 0.1) is 0 Å². The number of ether oxygens (including phenoxy) is 1. The van der Waals surface area contributed by atoms with Crippen molar-refractivity contribution in [2.75, 3.05) is 0 Å². The monoisotopic (exact) mass is 334 g/mol. The first kappa shape index (κ1) is 12.8. The van der Waals surface area contributed by atoms with Crippen LogP contribution in [0.3, 0.4) is 0 Å². The molecule has 6 heteroatoms. The highest BCUT2D eigenvalue weighted by atomic mass is 127. The summed E-state index contributed by atoms with van der Waals surface area (Å²) in [4.78, 5) is 21.8. The molecule has 0 aliphatic carbocycles. The van der Waals surface area contributed by atoms with E-state index in [1.807, 2.05) is 17.4 Å². The van der Waals surface area contributed by atoms with Gasteiger partial charge >= 0.3 is 6.03 Å². The number of amides is 3. The van der Waals surface area contributed by atoms with Crippen molar-refractivity contribution >= 4 is 34.5 Å². The number of hydrogen-bond acceptors (Lipinski definition) is 3. The van der Waals surface area contributed by atoms with Crippen LogP contribution >= 0.6 is 22.6 Å². The minimum absolute atomic E-state index is 0.564. The molecular formula is C10H11IN2O3. The third-order valence-electron chi connectivity index (χ3n) is 1.72. The average Bonchev–Trinajstić information content (AvgIpc) is 2.16. The predicted molar refractivity (Wildman–Crippen MR) is 67.0 cm³/mol. The van der Waals surface area contributed by atoms with Gasteiger partial charge in [0, 0.05) is 3.57 Å². The maximum absolute atomic E-state index is 11.3. The largest absolute Gasteiger partial charge is 0.481 e. The fraction of sp³-hybridized carbons (Fsp3) is 0.200. The van der Waals surface area contributed by atoms with E-state index < -0.39 is 18.0 Å². The lowest BCUT2D eigenvalue weighted by molar-refractivity contribution is -0.126. The molecule has 86 valence electrons. The molecule has 0 saturated heterocycles. The van der Waals surface area contributed by atoms with E-state index in [2.05, 4.69) is 22.6 Å². The first-order valence-electron chi connectivity index (χ1n) is 4.51. The van der Waals surface area contributed by atoms with Gasteiger partial charge in [-0.3, -0.25) is 10.1 Å². The van der Waals surface area contributed by atoms with Crippen LogP contribution in [0.2, 0.25) is 0 Å². The summed E-state index contributed by atoms with van der Waals surface area (Å²) in [6.45, 7) is 1.54. The quantitative estimate of drug-likeness (QED) is 0.817. The molecule has 16 heavy (non-hydrogen) atoms. The summed E-state index contributed by atoms with van der Waals surface area (Å²) in [7, 11) is 0. The zero-order chi connectivity index (χ0) is 12.1. The molecule has 5 nitrogen and oxygen atoms in total. The van der Waals surface area contributed by atoms with Crippen LogP contribution in [-0.2, 0) is 4.79 Å². The number of carbonyl (C=O) groups is 2. The Morgan fingerprint density at radius 3 is 2.75 bits per heavy atom. The van der Waals surface area contributed by atoms with Crippen LogP contribution in [0, 0.1) is 3.57 Å². The summed E-state index contributed by atoms with van der Waals surface area (Å²) in [5.41, 5.74) is 4.82. The Kier molecular flexibility index (Phi) is 4.53. The lowest BCUT2D eigenvalue weighted by Crippen LogP contribution is -2.42. The van der Waals surface area contributed by atoms with Crippen molar-refractivity contribution in [3.63, 3.8) is 0 Å². The average molecular weight is 334 g/mol. The molecule has 1 atom stereocenters. The Hall–Kier alpha value is -1.31. The number of halogens is 1. The number of hydrogen-bond donors (Lipinski definition) is 2. The van der Waals surface area contributed by atoms with Crippen LogP contribution in [0.1, 0.15) is 6.92 Å². The molecule has 1 aromatic carbocycles. The molecule has 1 rings (SSSR count). The zero-order valence-electron chi connectivity index (χ0n) is 8.57. The molecule has 0 aliphatic heterocycles. The highest BCUT2D eigenvalue weighted by Crippen LogP contribution is 2.16. The van der Waals surface area contributed by atoms with E-state index in [1.54, 1.807) is 12.1 Å². The zero-order valence-corrected chi connectivity index (χ0v) is 10.7. The molecule has 0 fully saturated rings. The molecule has 3 amide bonds. The molecule has 3 N–H and O–H groups in total. The van der Waals surface area contributed by atoms with Crippen LogP contribution in [0.4, 0.5) is 4.79 Å². The van der Waals surface area contributed by atoms with E-state index >= 15 is 0 Å². The highest BCUT2D eigenvalue weighted by Gasteiger charge is 2.15. The summed E-state index contributed by atoms with van der Waals surface area (Å²) in [5.74, 6) is 0.00498. The number of nitrogens with two attached hydrogens (primary N) is 1. The lowest BCUT2D eigenvalue weighted by atomic mass is 10.3. The topological polar surface area (TPSA) is 81.4 Å². The van der Waals surface area contributed by atoms with Gasteiger partial charge in [-0.1, -0.05) is 6.07 Å². The minimum Gasteiger partial charge on any atom is -0.481 e. The number of primary amides is 1. The van der Waals surface area contributed by atoms with Crippen molar-refractivity contribution in [1.82, 2.24) is 5.32 Å². The van der Waals surface area contributed by atoms with Gasteiger partial charge in [-0.05, 0) is 47.7 Å². The smallest absolute Gasteiger partial charge is 0.318 e. The SMILES string of the molecule is CC(Oc1cccc(I)c1)C(=O)NC(N)=O. The van der Waals surface area contributed by atoms with Gasteiger partial charge in [0.15, 0.2) is 6.10 Å². The molecule has 0 aliphatic rings. The summed E-state index contributed by atoms with van der Waals surface area (Å²) in [6.07, 6.45) is -0.773. The van der Waals surface area contributed by atoms with Crippen molar-refractivity contribution in [2.24, 2.45) is 5.73 Å². The number of benzene rings is 1. The highest BCUT2D eigenvalue weighted by molar-refractivity contribution is 14.1. The standard InChI is InChI=1S/C10H11IN2O3/c1-6(9(14)13-10(12)15)16-8-4-2-3-7(11)5-8/h2-6H,1H3,(H3,12,13,14,15). The Balaban J connectivity index is 2.60. The Bertz CT molecular complexity index is 409. The van der Waals surface area contributed by atoms with Gasteiger partial charge in [0.25, 0.3) is 5.91 Å². The van der Waals surface area contributed by atoms with Crippen molar-refractivity contribution in [2.45, 2.75) is 13.0 Å². The molecular weight excluding hydrogens is 323 g/mol.